The van der Waals surface area contributed by atoms with Crippen molar-refractivity contribution in [1.29, 1.82) is 0 Å². The molecule has 0 saturated carbocycles. The zero-order chi connectivity index (χ0) is 19.0. The second kappa shape index (κ2) is 16.9. The molecule has 0 bridgehead atoms. The number of hydrogen-bond donors (Lipinski definition) is 1. The molecule has 1 saturated heterocycles. The van der Waals surface area contributed by atoms with Gasteiger partial charge in [-0.3, -0.25) is 4.79 Å². The number of benzene rings is 1. The van der Waals surface area contributed by atoms with Gasteiger partial charge < -0.3 is 10.2 Å². The Kier molecular flexibility index (Phi) is 17.9. The topological polar surface area (TPSA) is 32.3 Å². The summed E-state index contributed by atoms with van der Waals surface area (Å²) in [6.45, 7) is 12.1. The van der Waals surface area contributed by atoms with Gasteiger partial charge in [0.1, 0.15) is 5.78 Å². The molecule has 0 aromatic heterocycles. The minimum atomic E-state index is 0.173. The third kappa shape index (κ3) is 13.5. The van der Waals surface area contributed by atoms with Gasteiger partial charge in [-0.05, 0) is 64.6 Å². The molecule has 0 radical (unpaired) electrons. The van der Waals surface area contributed by atoms with Crippen LogP contribution < -0.4 is 5.32 Å². The average molecular weight is 357 g/mol. The van der Waals surface area contributed by atoms with Gasteiger partial charge in [0.05, 0.1) is 0 Å². The van der Waals surface area contributed by atoms with Crippen molar-refractivity contribution < 1.29 is 4.79 Å². The minimum absolute atomic E-state index is 0.173. The molecular weight excluding hydrogens is 320 g/mol. The first-order chi connectivity index (χ1) is 11.5. The van der Waals surface area contributed by atoms with E-state index in [-0.39, 0.29) is 5.78 Å². The van der Waals surface area contributed by atoms with Crippen LogP contribution in [0.1, 0.15) is 53.0 Å². The van der Waals surface area contributed by atoms with Crippen molar-refractivity contribution >= 4 is 17.4 Å². The smallest absolute Gasteiger partial charge is 0.134 e. The van der Waals surface area contributed by atoms with Crippen LogP contribution in [0.4, 0.5) is 0 Å². The van der Waals surface area contributed by atoms with Crippen LogP contribution in [0.25, 0.3) is 0 Å². The van der Waals surface area contributed by atoms with Gasteiger partial charge in [0, 0.05) is 17.5 Å². The van der Waals surface area contributed by atoms with Crippen molar-refractivity contribution in [2.75, 3.05) is 27.2 Å². The molecule has 1 heterocycles. The van der Waals surface area contributed by atoms with Crippen molar-refractivity contribution in [3.05, 3.63) is 34.9 Å². The Labute approximate surface area is 154 Å². The number of hydrogen-bond acceptors (Lipinski definition) is 3. The molecule has 1 aliphatic rings. The van der Waals surface area contributed by atoms with E-state index in [2.05, 4.69) is 24.3 Å². The fourth-order valence-electron chi connectivity index (χ4n) is 2.19. The molecule has 2 rings (SSSR count). The second-order valence-corrected chi connectivity index (χ2v) is 5.81. The largest absolute Gasteiger partial charge is 0.317 e. The molecule has 0 amide bonds. The molecule has 140 valence electrons. The summed E-state index contributed by atoms with van der Waals surface area (Å²) in [7, 11) is 4.24. The molecule has 0 aliphatic carbocycles. The van der Waals surface area contributed by atoms with Crippen molar-refractivity contribution in [2.45, 2.75) is 59.9 Å². The molecule has 4 heteroatoms. The highest BCUT2D eigenvalue weighted by Gasteiger charge is 2.13. The van der Waals surface area contributed by atoms with Crippen LogP contribution in [0.15, 0.2) is 24.3 Å². The summed E-state index contributed by atoms with van der Waals surface area (Å²) in [4.78, 5) is 13.0. The average Bonchev–Trinajstić information content (AvgIpc) is 2.61. The lowest BCUT2D eigenvalue weighted by Gasteiger charge is -2.28. The van der Waals surface area contributed by atoms with Gasteiger partial charge in [0.15, 0.2) is 0 Å². The molecule has 1 aliphatic heterocycles. The summed E-state index contributed by atoms with van der Waals surface area (Å²) >= 11 is 5.66. The number of nitrogens with one attached hydrogen (secondary N) is 1. The van der Waals surface area contributed by atoms with Crippen LogP contribution in [-0.4, -0.2) is 43.9 Å². The predicted molar refractivity (Wildman–Crippen MR) is 108 cm³/mol. The quantitative estimate of drug-likeness (QED) is 0.842. The van der Waals surface area contributed by atoms with E-state index in [9.17, 15) is 4.79 Å². The standard InChI is InChI=1S/C9H9ClO.C7H16N2.2C2H6/c1-7(11)6-8-2-4-9(10)5-3-8;1-8-7-3-5-9(2)6-4-7;2*1-2/h2-5H,6H2,1H3;7-8H,3-6H2,1-2H3;2*1-2H3. The lowest BCUT2D eigenvalue weighted by atomic mass is 10.1. The first-order valence-corrected chi connectivity index (χ1v) is 9.48. The number of rotatable bonds is 3. The first kappa shape index (κ1) is 25.3. The highest BCUT2D eigenvalue weighted by atomic mass is 35.5. The van der Waals surface area contributed by atoms with E-state index in [1.165, 1.54) is 25.9 Å². The number of likely N-dealkylation sites (tertiary alicyclic amines) is 1. The SMILES string of the molecule is CC.CC.CC(=O)Cc1ccc(Cl)cc1.CNC1CCN(C)CC1. The monoisotopic (exact) mass is 356 g/mol. The van der Waals surface area contributed by atoms with Crippen molar-refractivity contribution in [3.63, 3.8) is 0 Å². The molecular formula is C20H37ClN2O. The van der Waals surface area contributed by atoms with Crippen LogP contribution in [0.2, 0.25) is 5.02 Å². The second-order valence-electron chi connectivity index (χ2n) is 5.37. The van der Waals surface area contributed by atoms with Gasteiger partial charge in [-0.1, -0.05) is 51.4 Å². The highest BCUT2D eigenvalue weighted by Crippen LogP contribution is 2.09. The summed E-state index contributed by atoms with van der Waals surface area (Å²) < 4.78 is 0. The third-order valence-electron chi connectivity index (χ3n) is 3.49. The predicted octanol–water partition coefficient (Wildman–Crippen LogP) is 4.82. The van der Waals surface area contributed by atoms with E-state index in [0.29, 0.717) is 11.4 Å². The van der Waals surface area contributed by atoms with Crippen LogP contribution >= 0.6 is 11.6 Å². The fourth-order valence-corrected chi connectivity index (χ4v) is 2.31. The van der Waals surface area contributed by atoms with E-state index < -0.39 is 0 Å². The van der Waals surface area contributed by atoms with Gasteiger partial charge in [-0.15, -0.1) is 0 Å². The Bertz CT molecular complexity index is 399. The van der Waals surface area contributed by atoms with E-state index in [1.807, 2.05) is 39.8 Å². The lowest BCUT2D eigenvalue weighted by molar-refractivity contribution is -0.116. The lowest BCUT2D eigenvalue weighted by Crippen LogP contribution is -2.39. The summed E-state index contributed by atoms with van der Waals surface area (Å²) in [5.74, 6) is 0.173. The molecule has 1 aromatic carbocycles. The normalized spacial score (nSPS) is 14.2. The van der Waals surface area contributed by atoms with Gasteiger partial charge in [0.2, 0.25) is 0 Å². The van der Waals surface area contributed by atoms with Gasteiger partial charge in [0.25, 0.3) is 0 Å². The molecule has 0 spiro atoms. The van der Waals surface area contributed by atoms with Gasteiger partial charge in [-0.2, -0.15) is 0 Å². The Morgan fingerprint density at radius 3 is 1.96 bits per heavy atom. The maximum Gasteiger partial charge on any atom is 0.134 e. The summed E-state index contributed by atoms with van der Waals surface area (Å²) in [6, 6.07) is 8.09. The van der Waals surface area contributed by atoms with Crippen LogP contribution in [0.5, 0.6) is 0 Å². The van der Waals surface area contributed by atoms with E-state index in [0.717, 1.165) is 11.6 Å². The van der Waals surface area contributed by atoms with Crippen molar-refractivity contribution in [3.8, 4) is 0 Å². The fraction of sp³-hybridized carbons (Fsp3) is 0.650. The van der Waals surface area contributed by atoms with Crippen LogP contribution in [0.3, 0.4) is 0 Å². The number of ketones is 1. The maximum absolute atomic E-state index is 10.7. The van der Waals surface area contributed by atoms with Crippen molar-refractivity contribution in [1.82, 2.24) is 10.2 Å². The van der Waals surface area contributed by atoms with Gasteiger partial charge in [-0.25, -0.2) is 0 Å². The zero-order valence-corrected chi connectivity index (χ0v) is 17.4. The third-order valence-corrected chi connectivity index (χ3v) is 3.75. The summed E-state index contributed by atoms with van der Waals surface area (Å²) in [5, 5.41) is 4.00. The minimum Gasteiger partial charge on any atom is -0.317 e. The van der Waals surface area contributed by atoms with Gasteiger partial charge >= 0.3 is 0 Å². The maximum atomic E-state index is 10.7. The van der Waals surface area contributed by atoms with Crippen LogP contribution in [-0.2, 0) is 11.2 Å². The number of halogens is 1. The number of piperidine rings is 1. The highest BCUT2D eigenvalue weighted by molar-refractivity contribution is 6.30. The Morgan fingerprint density at radius 2 is 1.58 bits per heavy atom. The number of carbonyl (C=O) groups excluding carboxylic acids is 1. The number of carbonyl (C=O) groups is 1. The van der Waals surface area contributed by atoms with E-state index in [1.54, 1.807) is 19.1 Å². The zero-order valence-electron chi connectivity index (χ0n) is 16.7. The van der Waals surface area contributed by atoms with E-state index >= 15 is 0 Å². The van der Waals surface area contributed by atoms with E-state index in [4.69, 9.17) is 11.6 Å². The number of nitrogens with zero attached hydrogens (tertiary/aromatic N) is 1. The Balaban J connectivity index is 0. The van der Waals surface area contributed by atoms with Crippen LogP contribution in [0, 0.1) is 0 Å². The van der Waals surface area contributed by atoms with Crippen molar-refractivity contribution in [2.24, 2.45) is 0 Å². The summed E-state index contributed by atoms with van der Waals surface area (Å²) in [6.07, 6.45) is 3.12. The number of Topliss-reactive ketones (excluding diaryl/α,β-unsaturated/α-hetero) is 1. The molecule has 1 aromatic rings. The summed E-state index contributed by atoms with van der Waals surface area (Å²) in [5.41, 5.74) is 1.02. The molecule has 24 heavy (non-hydrogen) atoms. The molecule has 0 unspecified atom stereocenters. The molecule has 1 N–H and O–H groups in total. The Morgan fingerprint density at radius 1 is 1.12 bits per heavy atom. The molecule has 3 nitrogen and oxygen atoms in total. The molecule has 0 atom stereocenters. The Hall–Kier alpha value is -0.900. The first-order valence-electron chi connectivity index (χ1n) is 9.11. The molecule has 1 fully saturated rings.